The zero-order valence-electron chi connectivity index (χ0n) is 10.8. The molecule has 0 spiro atoms. The first-order valence-corrected chi connectivity index (χ1v) is 6.39. The molecule has 1 amide bonds. The summed E-state index contributed by atoms with van der Waals surface area (Å²) in [6, 6.07) is 6.62. The Morgan fingerprint density at radius 3 is 2.18 bits per heavy atom. The number of primary amides is 1. The van der Waals surface area contributed by atoms with Gasteiger partial charge in [0, 0.05) is 11.8 Å². The maximum absolute atomic E-state index is 11.3. The van der Waals surface area contributed by atoms with Gasteiger partial charge in [-0.05, 0) is 32.3 Å². The van der Waals surface area contributed by atoms with Crippen LogP contribution in [-0.2, 0) is 10.2 Å². The molecule has 0 radical (unpaired) electrons. The number of carbonyl (C=O) groups excluding carboxylic acids is 1. The maximum atomic E-state index is 11.3. The van der Waals surface area contributed by atoms with Gasteiger partial charge in [-0.2, -0.15) is 0 Å². The molecule has 17 heavy (non-hydrogen) atoms. The smallest absolute Gasteiger partial charge is 0.218 e. The second-order valence-corrected chi connectivity index (χ2v) is 5.51. The van der Waals surface area contributed by atoms with Crippen molar-refractivity contribution >= 4 is 5.91 Å². The molecular formula is C15H21NO. The Labute approximate surface area is 103 Å². The van der Waals surface area contributed by atoms with Crippen LogP contribution in [-0.4, -0.2) is 5.91 Å². The molecule has 92 valence electrons. The molecule has 0 heterocycles. The SMILES string of the molecule is Cc1cc(C)cc(C2(CC(N)=O)CCCC2)c1. The van der Waals surface area contributed by atoms with E-state index in [-0.39, 0.29) is 11.3 Å². The van der Waals surface area contributed by atoms with Gasteiger partial charge in [0.05, 0.1) is 0 Å². The largest absolute Gasteiger partial charge is 0.370 e. The second kappa shape index (κ2) is 4.52. The van der Waals surface area contributed by atoms with E-state index in [0.717, 1.165) is 12.8 Å². The third-order valence-corrected chi connectivity index (χ3v) is 3.91. The molecule has 1 aliphatic rings. The van der Waals surface area contributed by atoms with Crippen LogP contribution >= 0.6 is 0 Å². The molecule has 1 aliphatic carbocycles. The molecule has 0 aromatic heterocycles. The fraction of sp³-hybridized carbons (Fsp3) is 0.533. The third-order valence-electron chi connectivity index (χ3n) is 3.91. The Hall–Kier alpha value is -1.31. The fourth-order valence-electron chi connectivity index (χ4n) is 3.23. The lowest BCUT2D eigenvalue weighted by atomic mass is 9.75. The highest BCUT2D eigenvalue weighted by Gasteiger charge is 2.37. The van der Waals surface area contributed by atoms with E-state index in [1.54, 1.807) is 0 Å². The number of benzene rings is 1. The Kier molecular flexibility index (Phi) is 3.23. The third kappa shape index (κ3) is 2.51. The van der Waals surface area contributed by atoms with Crippen molar-refractivity contribution in [1.82, 2.24) is 0 Å². The summed E-state index contributed by atoms with van der Waals surface area (Å²) in [5.41, 5.74) is 9.31. The van der Waals surface area contributed by atoms with E-state index in [1.165, 1.54) is 29.5 Å². The molecule has 1 aromatic carbocycles. The van der Waals surface area contributed by atoms with Gasteiger partial charge in [0.15, 0.2) is 0 Å². The Bertz CT molecular complexity index is 410. The van der Waals surface area contributed by atoms with Crippen LogP contribution in [0.15, 0.2) is 18.2 Å². The summed E-state index contributed by atoms with van der Waals surface area (Å²) in [5, 5.41) is 0. The lowest BCUT2D eigenvalue weighted by Crippen LogP contribution is -2.29. The van der Waals surface area contributed by atoms with Gasteiger partial charge in [-0.15, -0.1) is 0 Å². The van der Waals surface area contributed by atoms with Crippen molar-refractivity contribution in [3.8, 4) is 0 Å². The Morgan fingerprint density at radius 2 is 1.71 bits per heavy atom. The van der Waals surface area contributed by atoms with Gasteiger partial charge in [-0.1, -0.05) is 42.2 Å². The zero-order chi connectivity index (χ0) is 12.5. The highest BCUT2D eigenvalue weighted by molar-refractivity contribution is 5.75. The molecule has 2 heteroatoms. The van der Waals surface area contributed by atoms with Crippen LogP contribution in [0, 0.1) is 13.8 Å². The molecule has 2 rings (SSSR count). The molecule has 0 bridgehead atoms. The summed E-state index contributed by atoms with van der Waals surface area (Å²) in [4.78, 5) is 11.3. The van der Waals surface area contributed by atoms with Gasteiger partial charge < -0.3 is 5.73 Å². The van der Waals surface area contributed by atoms with E-state index in [2.05, 4.69) is 32.0 Å². The standard InChI is InChI=1S/C15H21NO/c1-11-7-12(2)9-13(8-11)15(10-14(16)17)5-3-4-6-15/h7-9H,3-6,10H2,1-2H3,(H2,16,17). The molecule has 1 fully saturated rings. The zero-order valence-corrected chi connectivity index (χ0v) is 10.8. The van der Waals surface area contributed by atoms with Crippen LogP contribution in [0.2, 0.25) is 0 Å². The van der Waals surface area contributed by atoms with Gasteiger partial charge >= 0.3 is 0 Å². The first-order valence-electron chi connectivity index (χ1n) is 6.39. The van der Waals surface area contributed by atoms with Crippen LogP contribution in [0.5, 0.6) is 0 Å². The van der Waals surface area contributed by atoms with Crippen LogP contribution < -0.4 is 5.73 Å². The van der Waals surface area contributed by atoms with Gasteiger partial charge in [-0.3, -0.25) is 4.79 Å². The number of rotatable bonds is 3. The number of aryl methyl sites for hydroxylation is 2. The highest BCUT2D eigenvalue weighted by Crippen LogP contribution is 2.44. The maximum Gasteiger partial charge on any atom is 0.218 e. The predicted octanol–water partition coefficient (Wildman–Crippen LogP) is 2.99. The summed E-state index contributed by atoms with van der Waals surface area (Å²) in [6.07, 6.45) is 5.11. The molecule has 0 saturated heterocycles. The molecular weight excluding hydrogens is 210 g/mol. The quantitative estimate of drug-likeness (QED) is 0.853. The highest BCUT2D eigenvalue weighted by atomic mass is 16.1. The van der Waals surface area contributed by atoms with Crippen LogP contribution in [0.25, 0.3) is 0 Å². The van der Waals surface area contributed by atoms with Gasteiger partial charge in [0.2, 0.25) is 5.91 Å². The molecule has 1 saturated carbocycles. The molecule has 2 N–H and O–H groups in total. The summed E-state index contributed by atoms with van der Waals surface area (Å²) in [5.74, 6) is -0.175. The summed E-state index contributed by atoms with van der Waals surface area (Å²) >= 11 is 0. The molecule has 0 aliphatic heterocycles. The van der Waals surface area contributed by atoms with Crippen molar-refractivity contribution in [2.24, 2.45) is 5.73 Å². The lowest BCUT2D eigenvalue weighted by Gasteiger charge is -2.29. The van der Waals surface area contributed by atoms with Crippen LogP contribution in [0.3, 0.4) is 0 Å². The van der Waals surface area contributed by atoms with Crippen molar-refractivity contribution in [2.75, 3.05) is 0 Å². The fourth-order valence-corrected chi connectivity index (χ4v) is 3.23. The van der Waals surface area contributed by atoms with E-state index in [4.69, 9.17) is 5.73 Å². The topological polar surface area (TPSA) is 43.1 Å². The van der Waals surface area contributed by atoms with Gasteiger partial charge in [-0.25, -0.2) is 0 Å². The van der Waals surface area contributed by atoms with Crippen molar-refractivity contribution in [1.29, 1.82) is 0 Å². The average Bonchev–Trinajstić information content (AvgIpc) is 2.65. The molecule has 1 aromatic rings. The van der Waals surface area contributed by atoms with E-state index in [0.29, 0.717) is 6.42 Å². The minimum atomic E-state index is -0.175. The van der Waals surface area contributed by atoms with Crippen molar-refractivity contribution in [3.63, 3.8) is 0 Å². The predicted molar refractivity (Wildman–Crippen MR) is 69.9 cm³/mol. The minimum Gasteiger partial charge on any atom is -0.370 e. The summed E-state index contributed by atoms with van der Waals surface area (Å²) in [7, 11) is 0. The molecule has 2 nitrogen and oxygen atoms in total. The van der Waals surface area contributed by atoms with Crippen LogP contribution in [0.1, 0.15) is 48.8 Å². The lowest BCUT2D eigenvalue weighted by molar-refractivity contribution is -0.119. The second-order valence-electron chi connectivity index (χ2n) is 5.51. The van der Waals surface area contributed by atoms with E-state index < -0.39 is 0 Å². The number of nitrogens with two attached hydrogens (primary N) is 1. The van der Waals surface area contributed by atoms with Gasteiger partial charge in [0.25, 0.3) is 0 Å². The number of hydrogen-bond acceptors (Lipinski definition) is 1. The van der Waals surface area contributed by atoms with E-state index >= 15 is 0 Å². The number of hydrogen-bond donors (Lipinski definition) is 1. The van der Waals surface area contributed by atoms with E-state index in [1.807, 2.05) is 0 Å². The monoisotopic (exact) mass is 231 g/mol. The molecule has 0 atom stereocenters. The normalized spacial score (nSPS) is 18.2. The first kappa shape index (κ1) is 12.2. The van der Waals surface area contributed by atoms with Gasteiger partial charge in [0.1, 0.15) is 0 Å². The summed E-state index contributed by atoms with van der Waals surface area (Å²) < 4.78 is 0. The number of carbonyl (C=O) groups is 1. The first-order chi connectivity index (χ1) is 8.02. The summed E-state index contributed by atoms with van der Waals surface area (Å²) in [6.45, 7) is 4.23. The van der Waals surface area contributed by atoms with Crippen molar-refractivity contribution in [3.05, 3.63) is 34.9 Å². The van der Waals surface area contributed by atoms with Crippen molar-refractivity contribution in [2.45, 2.75) is 51.4 Å². The van der Waals surface area contributed by atoms with Crippen LogP contribution in [0.4, 0.5) is 0 Å². The van der Waals surface area contributed by atoms with Crippen molar-refractivity contribution < 1.29 is 4.79 Å². The molecule has 0 unspecified atom stereocenters. The number of amides is 1. The average molecular weight is 231 g/mol. The van der Waals surface area contributed by atoms with E-state index in [9.17, 15) is 4.79 Å². The minimum absolute atomic E-state index is 0.0165. The Morgan fingerprint density at radius 1 is 1.18 bits per heavy atom. The Balaban J connectivity index is 2.41.